The molecule has 118 valence electrons. The van der Waals surface area contributed by atoms with Crippen LogP contribution in [0.4, 0.5) is 5.95 Å². The molecule has 0 unspecified atom stereocenters. The number of aromatic nitrogens is 4. The van der Waals surface area contributed by atoms with E-state index in [0.717, 1.165) is 43.6 Å². The molecule has 0 bridgehead atoms. The highest BCUT2D eigenvalue weighted by molar-refractivity contribution is 5.30. The number of anilines is 1. The van der Waals surface area contributed by atoms with Gasteiger partial charge in [0.1, 0.15) is 0 Å². The molecular weight excluding hydrogens is 280 g/mol. The molecule has 0 spiro atoms. The van der Waals surface area contributed by atoms with Gasteiger partial charge in [0.05, 0.1) is 6.54 Å². The molecule has 0 N–H and O–H groups in total. The van der Waals surface area contributed by atoms with Crippen molar-refractivity contribution in [3.8, 4) is 0 Å². The van der Waals surface area contributed by atoms with Crippen molar-refractivity contribution < 1.29 is 4.52 Å². The van der Waals surface area contributed by atoms with E-state index in [-0.39, 0.29) is 0 Å². The minimum absolute atomic E-state index is 0.299. The van der Waals surface area contributed by atoms with E-state index in [2.05, 4.69) is 43.8 Å². The van der Waals surface area contributed by atoms with Crippen LogP contribution in [-0.2, 0) is 6.54 Å². The van der Waals surface area contributed by atoms with Crippen molar-refractivity contribution in [2.45, 2.75) is 33.2 Å². The predicted molar refractivity (Wildman–Crippen MR) is 82.6 cm³/mol. The van der Waals surface area contributed by atoms with Gasteiger partial charge in [-0.25, -0.2) is 9.97 Å². The number of nitrogens with zero attached hydrogens (tertiary/aromatic N) is 6. The highest BCUT2D eigenvalue weighted by Gasteiger charge is 2.21. The number of rotatable bonds is 4. The predicted octanol–water partition coefficient (Wildman–Crippen LogP) is 1.61. The van der Waals surface area contributed by atoms with E-state index in [1.807, 2.05) is 19.2 Å². The molecule has 22 heavy (non-hydrogen) atoms. The minimum atomic E-state index is 0.299. The topological polar surface area (TPSA) is 71.2 Å². The van der Waals surface area contributed by atoms with Crippen molar-refractivity contribution >= 4 is 5.95 Å². The zero-order chi connectivity index (χ0) is 15.5. The first kappa shape index (κ1) is 14.9. The molecule has 1 aliphatic rings. The van der Waals surface area contributed by atoms with Crippen molar-refractivity contribution in [1.82, 2.24) is 25.0 Å². The molecule has 7 nitrogen and oxygen atoms in total. The normalized spacial score (nSPS) is 16.5. The van der Waals surface area contributed by atoms with E-state index >= 15 is 0 Å². The SMILES string of the molecule is Cc1ccnc(N2CCN(Cc3nc(C(C)C)no3)CC2)n1. The first-order chi connectivity index (χ1) is 10.6. The molecule has 3 heterocycles. The number of aryl methyl sites for hydroxylation is 1. The Kier molecular flexibility index (Phi) is 4.33. The molecule has 2 aromatic rings. The Morgan fingerprint density at radius 2 is 1.95 bits per heavy atom. The van der Waals surface area contributed by atoms with Crippen LogP contribution in [0.2, 0.25) is 0 Å². The van der Waals surface area contributed by atoms with Crippen molar-refractivity contribution in [3.05, 3.63) is 29.7 Å². The van der Waals surface area contributed by atoms with Gasteiger partial charge >= 0.3 is 0 Å². The van der Waals surface area contributed by atoms with Gasteiger partial charge in [0.2, 0.25) is 11.8 Å². The fourth-order valence-corrected chi connectivity index (χ4v) is 2.45. The smallest absolute Gasteiger partial charge is 0.240 e. The van der Waals surface area contributed by atoms with Gasteiger partial charge in [0.25, 0.3) is 0 Å². The summed E-state index contributed by atoms with van der Waals surface area (Å²) in [6.07, 6.45) is 1.82. The van der Waals surface area contributed by atoms with Gasteiger partial charge in [0.15, 0.2) is 5.82 Å². The van der Waals surface area contributed by atoms with Crippen LogP contribution in [0.5, 0.6) is 0 Å². The lowest BCUT2D eigenvalue weighted by Crippen LogP contribution is -2.46. The van der Waals surface area contributed by atoms with Crippen LogP contribution in [0, 0.1) is 6.92 Å². The van der Waals surface area contributed by atoms with Crippen molar-refractivity contribution in [3.63, 3.8) is 0 Å². The molecule has 1 saturated heterocycles. The lowest BCUT2D eigenvalue weighted by molar-refractivity contribution is 0.214. The largest absolute Gasteiger partial charge is 0.338 e. The molecule has 1 fully saturated rings. The van der Waals surface area contributed by atoms with Crippen molar-refractivity contribution in [2.24, 2.45) is 0 Å². The van der Waals surface area contributed by atoms with Gasteiger partial charge in [-0.1, -0.05) is 19.0 Å². The van der Waals surface area contributed by atoms with Gasteiger partial charge in [-0.15, -0.1) is 0 Å². The summed E-state index contributed by atoms with van der Waals surface area (Å²) in [5.41, 5.74) is 1.000. The second-order valence-electron chi connectivity index (χ2n) is 5.96. The number of piperazine rings is 1. The van der Waals surface area contributed by atoms with Gasteiger partial charge < -0.3 is 9.42 Å². The zero-order valence-corrected chi connectivity index (χ0v) is 13.4. The average molecular weight is 302 g/mol. The standard InChI is InChI=1S/C15H22N6O/c1-11(2)14-18-13(22-19-14)10-20-6-8-21(9-7-20)15-16-5-4-12(3)17-15/h4-5,11H,6-10H2,1-3H3. The van der Waals surface area contributed by atoms with Crippen LogP contribution < -0.4 is 4.90 Å². The first-order valence-corrected chi connectivity index (χ1v) is 7.71. The fourth-order valence-electron chi connectivity index (χ4n) is 2.45. The third kappa shape index (κ3) is 3.41. The van der Waals surface area contributed by atoms with E-state index in [0.29, 0.717) is 18.4 Å². The van der Waals surface area contributed by atoms with Gasteiger partial charge in [-0.3, -0.25) is 4.90 Å². The molecule has 2 aromatic heterocycles. The Balaban J connectivity index is 1.55. The third-order valence-electron chi connectivity index (χ3n) is 3.80. The number of hydrogen-bond acceptors (Lipinski definition) is 7. The van der Waals surface area contributed by atoms with Crippen molar-refractivity contribution in [2.75, 3.05) is 31.1 Å². The zero-order valence-electron chi connectivity index (χ0n) is 13.4. The molecule has 7 heteroatoms. The molecular formula is C15H22N6O. The summed E-state index contributed by atoms with van der Waals surface area (Å²) in [5, 5.41) is 4.01. The van der Waals surface area contributed by atoms with Gasteiger partial charge in [-0.2, -0.15) is 4.98 Å². The first-order valence-electron chi connectivity index (χ1n) is 7.71. The molecule has 3 rings (SSSR count). The molecule has 0 atom stereocenters. The van der Waals surface area contributed by atoms with E-state index < -0.39 is 0 Å². The van der Waals surface area contributed by atoms with E-state index in [1.54, 1.807) is 0 Å². The quantitative estimate of drug-likeness (QED) is 0.849. The second-order valence-corrected chi connectivity index (χ2v) is 5.96. The van der Waals surface area contributed by atoms with Gasteiger partial charge in [0, 0.05) is 44.0 Å². The second kappa shape index (κ2) is 6.39. The van der Waals surface area contributed by atoms with E-state index in [1.165, 1.54) is 0 Å². The highest BCUT2D eigenvalue weighted by Crippen LogP contribution is 2.14. The van der Waals surface area contributed by atoms with Crippen LogP contribution >= 0.6 is 0 Å². The highest BCUT2D eigenvalue weighted by atomic mass is 16.5. The van der Waals surface area contributed by atoms with Crippen LogP contribution in [0.3, 0.4) is 0 Å². The molecule has 0 aliphatic carbocycles. The fraction of sp³-hybridized carbons (Fsp3) is 0.600. The van der Waals surface area contributed by atoms with E-state index in [9.17, 15) is 0 Å². The Hall–Kier alpha value is -2.02. The summed E-state index contributed by atoms with van der Waals surface area (Å²) < 4.78 is 5.31. The minimum Gasteiger partial charge on any atom is -0.338 e. The summed E-state index contributed by atoms with van der Waals surface area (Å²) in [7, 11) is 0. The lowest BCUT2D eigenvalue weighted by atomic mass is 10.2. The average Bonchev–Trinajstić information content (AvgIpc) is 2.97. The molecule has 0 saturated carbocycles. The van der Waals surface area contributed by atoms with Crippen molar-refractivity contribution in [1.29, 1.82) is 0 Å². The number of hydrogen-bond donors (Lipinski definition) is 0. The maximum Gasteiger partial charge on any atom is 0.240 e. The molecule has 0 amide bonds. The summed E-state index contributed by atoms with van der Waals surface area (Å²) in [6.45, 7) is 10.5. The summed E-state index contributed by atoms with van der Waals surface area (Å²) in [5.74, 6) is 2.60. The van der Waals surface area contributed by atoms with Crippen LogP contribution in [0.15, 0.2) is 16.8 Å². The summed E-state index contributed by atoms with van der Waals surface area (Å²) in [6, 6.07) is 1.92. The Morgan fingerprint density at radius 1 is 1.18 bits per heavy atom. The van der Waals surface area contributed by atoms with Gasteiger partial charge in [-0.05, 0) is 13.0 Å². The summed E-state index contributed by atoms with van der Waals surface area (Å²) in [4.78, 5) is 17.8. The van der Waals surface area contributed by atoms with Crippen LogP contribution in [-0.4, -0.2) is 51.2 Å². The lowest BCUT2D eigenvalue weighted by Gasteiger charge is -2.33. The maximum atomic E-state index is 5.31. The van der Waals surface area contributed by atoms with E-state index in [4.69, 9.17) is 4.52 Å². The monoisotopic (exact) mass is 302 g/mol. The molecule has 0 radical (unpaired) electrons. The summed E-state index contributed by atoms with van der Waals surface area (Å²) >= 11 is 0. The van der Waals surface area contributed by atoms with Crippen LogP contribution in [0.25, 0.3) is 0 Å². The Morgan fingerprint density at radius 3 is 2.59 bits per heavy atom. The Labute approximate surface area is 130 Å². The third-order valence-corrected chi connectivity index (χ3v) is 3.80. The maximum absolute atomic E-state index is 5.31. The Bertz CT molecular complexity index is 618. The molecule has 0 aromatic carbocycles. The van der Waals surface area contributed by atoms with Crippen LogP contribution in [0.1, 0.15) is 37.2 Å². The molecule has 1 aliphatic heterocycles.